The summed E-state index contributed by atoms with van der Waals surface area (Å²) >= 11 is 0. The Kier molecular flexibility index (Phi) is 6.83. The van der Waals surface area contributed by atoms with Crippen LogP contribution in [0.1, 0.15) is 21.7 Å². The molecule has 0 bridgehead atoms. The standard InChI is InChI=1S/C21H19FN2O6S/c1-14-4-9-19(18(22)11-14)24-20(25)13-30-21(26)15-5-7-17(8-6-15)31(27,28)23-12-16-3-2-10-29-16/h2-11,23H,12-13H2,1H3,(H,24,25). The molecule has 1 aromatic heterocycles. The molecule has 0 fully saturated rings. The third-order valence-electron chi connectivity index (χ3n) is 4.15. The lowest BCUT2D eigenvalue weighted by atomic mass is 10.2. The molecule has 0 aliphatic heterocycles. The summed E-state index contributed by atoms with van der Waals surface area (Å²) in [6.45, 7) is 1.06. The molecule has 0 aliphatic carbocycles. The van der Waals surface area contributed by atoms with Gasteiger partial charge in [-0.25, -0.2) is 22.3 Å². The van der Waals surface area contributed by atoms with Gasteiger partial charge in [-0.2, -0.15) is 0 Å². The van der Waals surface area contributed by atoms with Crippen molar-refractivity contribution in [2.75, 3.05) is 11.9 Å². The molecule has 8 nitrogen and oxygen atoms in total. The predicted octanol–water partition coefficient (Wildman–Crippen LogP) is 3.00. The van der Waals surface area contributed by atoms with E-state index in [4.69, 9.17) is 9.15 Å². The number of rotatable bonds is 8. The Morgan fingerprint density at radius 2 is 1.84 bits per heavy atom. The zero-order valence-corrected chi connectivity index (χ0v) is 17.2. The number of amides is 1. The van der Waals surface area contributed by atoms with E-state index in [1.54, 1.807) is 25.1 Å². The first-order valence-electron chi connectivity index (χ1n) is 9.10. The molecule has 162 valence electrons. The van der Waals surface area contributed by atoms with Gasteiger partial charge >= 0.3 is 5.97 Å². The molecule has 0 saturated carbocycles. The van der Waals surface area contributed by atoms with E-state index in [2.05, 4.69) is 10.0 Å². The van der Waals surface area contributed by atoms with E-state index in [0.29, 0.717) is 11.3 Å². The van der Waals surface area contributed by atoms with Crippen molar-refractivity contribution in [1.82, 2.24) is 4.72 Å². The average Bonchev–Trinajstić information content (AvgIpc) is 3.26. The largest absolute Gasteiger partial charge is 0.468 e. The molecule has 2 aromatic carbocycles. The summed E-state index contributed by atoms with van der Waals surface area (Å²) in [6.07, 6.45) is 1.43. The minimum absolute atomic E-state index is 0.0180. The van der Waals surface area contributed by atoms with Gasteiger partial charge in [-0.1, -0.05) is 6.07 Å². The lowest BCUT2D eigenvalue weighted by Gasteiger charge is -2.09. The van der Waals surface area contributed by atoms with Crippen LogP contribution in [0.3, 0.4) is 0 Å². The number of nitrogens with one attached hydrogen (secondary N) is 2. The fourth-order valence-electron chi connectivity index (χ4n) is 2.56. The Labute approximate surface area is 178 Å². The number of sulfonamides is 1. The Balaban J connectivity index is 1.54. The Morgan fingerprint density at radius 3 is 2.48 bits per heavy atom. The SMILES string of the molecule is Cc1ccc(NC(=O)COC(=O)c2ccc(S(=O)(=O)NCc3ccco3)cc2)c(F)c1. The van der Waals surface area contributed by atoms with Gasteiger partial charge in [-0.3, -0.25) is 4.79 Å². The van der Waals surface area contributed by atoms with Crippen molar-refractivity contribution in [3.8, 4) is 0 Å². The summed E-state index contributed by atoms with van der Waals surface area (Å²) in [5, 5.41) is 2.31. The van der Waals surface area contributed by atoms with Crippen molar-refractivity contribution in [2.45, 2.75) is 18.4 Å². The number of carbonyl (C=O) groups excluding carboxylic acids is 2. The van der Waals surface area contributed by atoms with Gasteiger partial charge in [0, 0.05) is 0 Å². The van der Waals surface area contributed by atoms with Gasteiger partial charge in [-0.05, 0) is 61.0 Å². The number of hydrogen-bond acceptors (Lipinski definition) is 6. The van der Waals surface area contributed by atoms with Crippen molar-refractivity contribution < 1.29 is 31.6 Å². The number of carbonyl (C=O) groups is 2. The van der Waals surface area contributed by atoms with Crippen molar-refractivity contribution in [3.63, 3.8) is 0 Å². The van der Waals surface area contributed by atoms with Crippen molar-refractivity contribution in [3.05, 3.63) is 83.6 Å². The monoisotopic (exact) mass is 446 g/mol. The molecule has 2 N–H and O–H groups in total. The van der Waals surface area contributed by atoms with Gasteiger partial charge in [0.25, 0.3) is 5.91 Å². The highest BCUT2D eigenvalue weighted by Crippen LogP contribution is 2.15. The summed E-state index contributed by atoms with van der Waals surface area (Å²) in [7, 11) is -3.81. The third-order valence-corrected chi connectivity index (χ3v) is 5.57. The molecule has 0 aliphatic rings. The minimum atomic E-state index is -3.81. The zero-order valence-electron chi connectivity index (χ0n) is 16.4. The maximum atomic E-state index is 13.8. The van der Waals surface area contributed by atoms with Crippen LogP contribution in [0.15, 0.2) is 70.2 Å². The van der Waals surface area contributed by atoms with Crippen molar-refractivity contribution in [1.29, 1.82) is 0 Å². The Hall–Kier alpha value is -3.50. The fraction of sp³-hybridized carbons (Fsp3) is 0.143. The van der Waals surface area contributed by atoms with E-state index in [1.165, 1.54) is 42.7 Å². The van der Waals surface area contributed by atoms with Gasteiger partial charge in [0.1, 0.15) is 11.6 Å². The summed E-state index contributed by atoms with van der Waals surface area (Å²) in [5.74, 6) is -1.69. The number of anilines is 1. The first-order chi connectivity index (χ1) is 14.7. The van der Waals surface area contributed by atoms with Crippen LogP contribution in [0.4, 0.5) is 10.1 Å². The third kappa shape index (κ3) is 6.00. The lowest BCUT2D eigenvalue weighted by Crippen LogP contribution is -2.23. The molecule has 1 heterocycles. The van der Waals surface area contributed by atoms with Gasteiger partial charge in [0.2, 0.25) is 10.0 Å². The summed E-state index contributed by atoms with van der Waals surface area (Å²) < 4.78 is 50.7. The fourth-order valence-corrected chi connectivity index (χ4v) is 3.55. The quantitative estimate of drug-likeness (QED) is 0.514. The van der Waals surface area contributed by atoms with Crippen molar-refractivity contribution >= 4 is 27.6 Å². The van der Waals surface area contributed by atoms with E-state index < -0.39 is 34.3 Å². The van der Waals surface area contributed by atoms with Gasteiger partial charge in [-0.15, -0.1) is 0 Å². The number of benzene rings is 2. The number of halogens is 1. The number of hydrogen-bond donors (Lipinski definition) is 2. The molecular weight excluding hydrogens is 427 g/mol. The van der Waals surface area contributed by atoms with Crippen LogP contribution in [0.25, 0.3) is 0 Å². The Morgan fingerprint density at radius 1 is 1.10 bits per heavy atom. The number of ether oxygens (including phenoxy) is 1. The van der Waals surface area contributed by atoms with Crippen LogP contribution in [0.2, 0.25) is 0 Å². The average molecular weight is 446 g/mol. The maximum Gasteiger partial charge on any atom is 0.338 e. The van der Waals surface area contributed by atoms with Crippen LogP contribution in [-0.4, -0.2) is 26.9 Å². The molecule has 10 heteroatoms. The molecular formula is C21H19FN2O6S. The van der Waals surface area contributed by atoms with Crippen LogP contribution in [0.5, 0.6) is 0 Å². The first-order valence-corrected chi connectivity index (χ1v) is 10.6. The highest BCUT2D eigenvalue weighted by molar-refractivity contribution is 7.89. The summed E-state index contributed by atoms with van der Waals surface area (Å²) in [6, 6.07) is 12.6. The zero-order chi connectivity index (χ0) is 22.4. The second-order valence-corrected chi connectivity index (χ2v) is 8.30. The van der Waals surface area contributed by atoms with Gasteiger partial charge in [0.05, 0.1) is 29.0 Å². The number of esters is 1. The topological polar surface area (TPSA) is 115 Å². The van der Waals surface area contributed by atoms with Gasteiger partial charge < -0.3 is 14.5 Å². The van der Waals surface area contributed by atoms with Crippen LogP contribution < -0.4 is 10.0 Å². The van der Waals surface area contributed by atoms with E-state index in [1.807, 2.05) is 0 Å². The molecule has 3 aromatic rings. The maximum absolute atomic E-state index is 13.8. The molecule has 3 rings (SSSR count). The highest BCUT2D eigenvalue weighted by Gasteiger charge is 2.17. The molecule has 0 saturated heterocycles. The molecule has 0 spiro atoms. The van der Waals surface area contributed by atoms with Crippen LogP contribution >= 0.6 is 0 Å². The smallest absolute Gasteiger partial charge is 0.338 e. The minimum Gasteiger partial charge on any atom is -0.468 e. The number of furan rings is 1. The first kappa shape index (κ1) is 22.2. The second kappa shape index (κ2) is 9.54. The van der Waals surface area contributed by atoms with Crippen LogP contribution in [0, 0.1) is 12.7 Å². The summed E-state index contributed by atoms with van der Waals surface area (Å²) in [5.41, 5.74) is 0.728. The number of aryl methyl sites for hydroxylation is 1. The molecule has 0 radical (unpaired) electrons. The summed E-state index contributed by atoms with van der Waals surface area (Å²) in [4.78, 5) is 23.9. The molecule has 0 unspecified atom stereocenters. The highest BCUT2D eigenvalue weighted by atomic mass is 32.2. The van der Waals surface area contributed by atoms with E-state index in [-0.39, 0.29) is 22.7 Å². The van der Waals surface area contributed by atoms with E-state index >= 15 is 0 Å². The lowest BCUT2D eigenvalue weighted by molar-refractivity contribution is -0.119. The van der Waals surface area contributed by atoms with Crippen LogP contribution in [-0.2, 0) is 26.1 Å². The van der Waals surface area contributed by atoms with Gasteiger partial charge in [0.15, 0.2) is 6.61 Å². The molecule has 31 heavy (non-hydrogen) atoms. The predicted molar refractivity (Wildman–Crippen MR) is 109 cm³/mol. The molecule has 1 amide bonds. The van der Waals surface area contributed by atoms with Crippen molar-refractivity contribution in [2.24, 2.45) is 0 Å². The Bertz CT molecular complexity index is 1180. The van der Waals surface area contributed by atoms with E-state index in [0.717, 1.165) is 0 Å². The van der Waals surface area contributed by atoms with E-state index in [9.17, 15) is 22.4 Å². The normalized spacial score (nSPS) is 11.2. The molecule has 0 atom stereocenters. The second-order valence-electron chi connectivity index (χ2n) is 6.54.